The summed E-state index contributed by atoms with van der Waals surface area (Å²) < 4.78 is 0. The maximum atomic E-state index is 10.5. The maximum absolute atomic E-state index is 10.5. The molecule has 1 heterocycles. The summed E-state index contributed by atoms with van der Waals surface area (Å²) in [5.74, 6) is 0. The summed E-state index contributed by atoms with van der Waals surface area (Å²) in [7, 11) is 0. The molecule has 6 nitrogen and oxygen atoms in total. The van der Waals surface area contributed by atoms with Gasteiger partial charge in [-0.2, -0.15) is 0 Å². The van der Waals surface area contributed by atoms with Crippen LogP contribution in [0.15, 0.2) is 28.2 Å². The Morgan fingerprint density at radius 1 is 1.27 bits per heavy atom. The number of non-ortho nitro benzene ring substituents is 1. The Morgan fingerprint density at radius 2 is 1.87 bits per heavy atom. The highest BCUT2D eigenvalue weighted by atomic mass is 16.6. The van der Waals surface area contributed by atoms with Crippen LogP contribution in [0.5, 0.6) is 0 Å². The highest BCUT2D eigenvalue weighted by molar-refractivity contribution is 5.29. The Bertz CT molecular complexity index is 522. The van der Waals surface area contributed by atoms with E-state index in [2.05, 4.69) is 9.98 Å². The van der Waals surface area contributed by atoms with Gasteiger partial charge in [0.2, 0.25) is 0 Å². The number of fused-ring (bicyclic) bond motifs is 1. The van der Waals surface area contributed by atoms with E-state index in [4.69, 9.17) is 0 Å². The molecule has 0 spiro atoms. The zero-order valence-electron chi connectivity index (χ0n) is 8.39. The Hall–Kier alpha value is -1.82. The van der Waals surface area contributed by atoms with Crippen molar-refractivity contribution in [3.63, 3.8) is 0 Å². The molecule has 1 aromatic carbocycles. The maximum Gasteiger partial charge on any atom is 0.271 e. The first-order valence-electron chi connectivity index (χ1n) is 4.22. The van der Waals surface area contributed by atoms with Crippen LogP contribution >= 0.6 is 0 Å². The van der Waals surface area contributed by atoms with E-state index in [1.165, 1.54) is 12.1 Å². The van der Waals surface area contributed by atoms with E-state index in [0.717, 1.165) is 5.36 Å². The van der Waals surface area contributed by atoms with Gasteiger partial charge in [0.1, 0.15) is 5.66 Å². The molecule has 15 heavy (non-hydrogen) atoms. The fourth-order valence-corrected chi connectivity index (χ4v) is 1.42. The normalized spacial score (nSPS) is 15.6. The van der Waals surface area contributed by atoms with Crippen LogP contribution in [0.3, 0.4) is 0 Å². The second-order valence-electron chi connectivity index (χ2n) is 3.65. The van der Waals surface area contributed by atoms with E-state index < -0.39 is 10.6 Å². The third-order valence-corrected chi connectivity index (χ3v) is 1.96. The van der Waals surface area contributed by atoms with Gasteiger partial charge in [-0.15, -0.1) is 0 Å². The molecule has 0 aromatic heterocycles. The van der Waals surface area contributed by atoms with E-state index in [1.54, 1.807) is 6.07 Å². The van der Waals surface area contributed by atoms with E-state index in [-0.39, 0.29) is 11.2 Å². The molecule has 0 unspecified atom stereocenters. The zero-order chi connectivity index (χ0) is 10.3. The van der Waals surface area contributed by atoms with Crippen LogP contribution in [0, 0.1) is 10.1 Å². The van der Waals surface area contributed by atoms with Crippen molar-refractivity contribution < 1.29 is 10.4 Å². The molecule has 0 aliphatic carbocycles. The van der Waals surface area contributed by atoms with Gasteiger partial charge in [-0.25, -0.2) is 0 Å². The SMILES string of the molecule is CC1(C)N=c2ccc([N+](=O)[O-])cc2=N1.O. The minimum absolute atomic E-state index is 0. The molecule has 0 amide bonds. The van der Waals surface area contributed by atoms with Crippen molar-refractivity contribution >= 4 is 5.69 Å². The Balaban J connectivity index is 0.00000112. The molecule has 0 atom stereocenters. The zero-order valence-corrected chi connectivity index (χ0v) is 8.39. The Labute approximate surface area is 85.4 Å². The molecular weight excluding hydrogens is 198 g/mol. The number of nitro benzene ring substituents is 1. The summed E-state index contributed by atoms with van der Waals surface area (Å²) in [5.41, 5.74) is -0.433. The van der Waals surface area contributed by atoms with Gasteiger partial charge in [0, 0.05) is 12.1 Å². The van der Waals surface area contributed by atoms with Gasteiger partial charge in [-0.1, -0.05) is 0 Å². The molecule has 1 aromatic rings. The lowest BCUT2D eigenvalue weighted by molar-refractivity contribution is -0.385. The van der Waals surface area contributed by atoms with Crippen molar-refractivity contribution in [1.29, 1.82) is 0 Å². The van der Waals surface area contributed by atoms with Crippen LogP contribution in [0.25, 0.3) is 0 Å². The highest BCUT2D eigenvalue weighted by Gasteiger charge is 2.19. The van der Waals surface area contributed by atoms with Crippen molar-refractivity contribution in [2.24, 2.45) is 9.98 Å². The lowest BCUT2D eigenvalue weighted by Crippen LogP contribution is -2.21. The summed E-state index contributed by atoms with van der Waals surface area (Å²) in [6.45, 7) is 3.72. The van der Waals surface area contributed by atoms with Crippen LogP contribution in [0.1, 0.15) is 13.8 Å². The van der Waals surface area contributed by atoms with Crippen molar-refractivity contribution in [1.82, 2.24) is 0 Å². The largest absolute Gasteiger partial charge is 0.412 e. The van der Waals surface area contributed by atoms with Crippen LogP contribution < -0.4 is 10.7 Å². The van der Waals surface area contributed by atoms with Crippen LogP contribution in [-0.2, 0) is 0 Å². The molecule has 0 fully saturated rings. The molecule has 0 bridgehead atoms. The molecule has 1 aliphatic rings. The fourth-order valence-electron chi connectivity index (χ4n) is 1.42. The average Bonchev–Trinajstić information content (AvgIpc) is 2.36. The van der Waals surface area contributed by atoms with Crippen molar-refractivity contribution in [3.05, 3.63) is 39.0 Å². The molecule has 80 valence electrons. The van der Waals surface area contributed by atoms with Crippen LogP contribution in [0.4, 0.5) is 5.69 Å². The number of hydrogen-bond acceptors (Lipinski definition) is 4. The molecule has 0 saturated carbocycles. The van der Waals surface area contributed by atoms with Crippen LogP contribution in [0.2, 0.25) is 0 Å². The van der Waals surface area contributed by atoms with Gasteiger partial charge in [-0.05, 0) is 19.9 Å². The van der Waals surface area contributed by atoms with E-state index in [9.17, 15) is 10.1 Å². The summed E-state index contributed by atoms with van der Waals surface area (Å²) >= 11 is 0. The molecule has 2 N–H and O–H groups in total. The number of nitro groups is 1. The number of benzene rings is 1. The van der Waals surface area contributed by atoms with Crippen molar-refractivity contribution in [2.45, 2.75) is 19.5 Å². The van der Waals surface area contributed by atoms with Gasteiger partial charge in [0.05, 0.1) is 15.6 Å². The van der Waals surface area contributed by atoms with Crippen molar-refractivity contribution in [2.75, 3.05) is 0 Å². The van der Waals surface area contributed by atoms with Gasteiger partial charge in [0.15, 0.2) is 0 Å². The van der Waals surface area contributed by atoms with Gasteiger partial charge >= 0.3 is 0 Å². The monoisotopic (exact) mass is 209 g/mol. The molecule has 6 heteroatoms. The van der Waals surface area contributed by atoms with E-state index in [1.807, 2.05) is 13.8 Å². The third kappa shape index (κ3) is 1.99. The van der Waals surface area contributed by atoms with E-state index >= 15 is 0 Å². The number of hydrogen-bond donors (Lipinski definition) is 0. The Morgan fingerprint density at radius 3 is 2.47 bits per heavy atom. The van der Waals surface area contributed by atoms with Gasteiger partial charge in [0.25, 0.3) is 5.69 Å². The first-order chi connectivity index (χ1) is 6.48. The second kappa shape index (κ2) is 3.39. The summed E-state index contributed by atoms with van der Waals surface area (Å²) in [5, 5.41) is 11.8. The predicted molar refractivity (Wildman–Crippen MR) is 53.1 cm³/mol. The average molecular weight is 209 g/mol. The first kappa shape index (κ1) is 11.3. The smallest absolute Gasteiger partial charge is 0.271 e. The molecule has 1 aliphatic heterocycles. The minimum Gasteiger partial charge on any atom is -0.412 e. The summed E-state index contributed by atoms with van der Waals surface area (Å²) in [4.78, 5) is 18.6. The Kier molecular flexibility index (Phi) is 2.55. The standard InChI is InChI=1S/C9H9N3O2.H2O/c1-9(2)10-7-4-3-6(12(13)14)5-8(7)11-9;/h3-5H,1-2H3;1H2. The quantitative estimate of drug-likeness (QED) is 0.471. The highest BCUT2D eigenvalue weighted by Crippen LogP contribution is 2.12. The van der Waals surface area contributed by atoms with Gasteiger partial charge in [-0.3, -0.25) is 20.1 Å². The van der Waals surface area contributed by atoms with Gasteiger partial charge < -0.3 is 5.48 Å². The van der Waals surface area contributed by atoms with Crippen molar-refractivity contribution in [3.8, 4) is 0 Å². The summed E-state index contributed by atoms with van der Waals surface area (Å²) in [6.07, 6.45) is 0. The van der Waals surface area contributed by atoms with E-state index in [0.29, 0.717) is 5.36 Å². The second-order valence-corrected chi connectivity index (χ2v) is 3.65. The number of rotatable bonds is 1. The topological polar surface area (TPSA) is 99.4 Å². The number of nitrogens with zero attached hydrogens (tertiary/aromatic N) is 3. The first-order valence-corrected chi connectivity index (χ1v) is 4.22. The lowest BCUT2D eigenvalue weighted by atomic mass is 10.3. The molecular formula is C9H11N3O3. The minimum atomic E-state index is -0.489. The molecule has 0 radical (unpaired) electrons. The molecule has 0 saturated heterocycles. The predicted octanol–water partition coefficient (Wildman–Crippen LogP) is -0.241. The summed E-state index contributed by atoms with van der Waals surface area (Å²) in [6, 6.07) is 4.53. The molecule has 2 rings (SSSR count). The third-order valence-electron chi connectivity index (χ3n) is 1.96. The fraction of sp³-hybridized carbons (Fsp3) is 0.333. The lowest BCUT2D eigenvalue weighted by Gasteiger charge is -2.06. The van der Waals surface area contributed by atoms with Crippen LogP contribution in [-0.4, -0.2) is 16.1 Å².